The summed E-state index contributed by atoms with van der Waals surface area (Å²) in [5, 5.41) is 0. The number of unbranched alkanes of at least 4 members (excludes halogenated alkanes) is 6. The Kier molecular flexibility index (Phi) is 61.0. The van der Waals surface area contributed by atoms with Crippen LogP contribution in [0.25, 0.3) is 0 Å². The molecule has 0 aromatic rings. The van der Waals surface area contributed by atoms with Gasteiger partial charge in [0.1, 0.15) is 6.61 Å². The van der Waals surface area contributed by atoms with Crippen LogP contribution in [0.1, 0.15) is 194 Å². The summed E-state index contributed by atoms with van der Waals surface area (Å²) < 4.78 is 33.0. The number of carbonyl (C=O) groups is 2. The van der Waals surface area contributed by atoms with E-state index in [1.54, 1.807) is 0 Å². The number of esters is 2. The molecule has 9 nitrogen and oxygen atoms in total. The molecule has 10 heteroatoms. The van der Waals surface area contributed by atoms with Crippen LogP contribution < -0.4 is 5.73 Å². The van der Waals surface area contributed by atoms with Gasteiger partial charge >= 0.3 is 19.8 Å². The third-order valence-electron chi connectivity index (χ3n) is 11.9. The van der Waals surface area contributed by atoms with Gasteiger partial charge in [-0.25, -0.2) is 4.57 Å². The lowest BCUT2D eigenvalue weighted by Gasteiger charge is -2.19. The van der Waals surface area contributed by atoms with Crippen molar-refractivity contribution in [2.24, 2.45) is 5.73 Å². The van der Waals surface area contributed by atoms with Gasteiger partial charge in [-0.1, -0.05) is 245 Å². The number of rotatable bonds is 55. The smallest absolute Gasteiger partial charge is 0.462 e. The highest BCUT2D eigenvalue weighted by atomic mass is 31.2. The van der Waals surface area contributed by atoms with Crippen LogP contribution in [0.2, 0.25) is 0 Å². The Labute approximate surface area is 505 Å². The maximum absolute atomic E-state index is 12.7. The van der Waals surface area contributed by atoms with Crippen molar-refractivity contribution in [2.45, 2.75) is 200 Å². The third-order valence-corrected chi connectivity index (χ3v) is 12.8. The van der Waals surface area contributed by atoms with Crippen molar-refractivity contribution in [3.8, 4) is 0 Å². The third kappa shape index (κ3) is 65.4. The van der Waals surface area contributed by atoms with E-state index in [1.807, 2.05) is 0 Å². The molecule has 0 aromatic heterocycles. The molecule has 2 unspecified atom stereocenters. The number of allylic oxidation sites excluding steroid dienone is 36. The summed E-state index contributed by atoms with van der Waals surface area (Å²) in [4.78, 5) is 35.2. The van der Waals surface area contributed by atoms with Crippen molar-refractivity contribution in [2.75, 3.05) is 26.4 Å². The first-order valence-electron chi connectivity index (χ1n) is 31.2. The Morgan fingerprint density at radius 3 is 0.940 bits per heavy atom. The number of phosphoric acid groups is 1. The minimum atomic E-state index is -4.43. The van der Waals surface area contributed by atoms with Crippen molar-refractivity contribution in [1.82, 2.24) is 0 Å². The van der Waals surface area contributed by atoms with Gasteiger partial charge in [0.05, 0.1) is 13.2 Å². The van der Waals surface area contributed by atoms with Crippen molar-refractivity contribution < 1.29 is 37.6 Å². The van der Waals surface area contributed by atoms with E-state index in [2.05, 4.69) is 233 Å². The van der Waals surface area contributed by atoms with Gasteiger partial charge in [-0.2, -0.15) is 0 Å². The molecule has 460 valence electrons. The van der Waals surface area contributed by atoms with Gasteiger partial charge in [-0.15, -0.1) is 0 Å². The van der Waals surface area contributed by atoms with E-state index in [-0.39, 0.29) is 32.6 Å². The first-order valence-corrected chi connectivity index (χ1v) is 32.7. The van der Waals surface area contributed by atoms with E-state index < -0.39 is 32.5 Å². The van der Waals surface area contributed by atoms with E-state index in [0.717, 1.165) is 154 Å². The molecule has 0 saturated carbocycles. The summed E-state index contributed by atoms with van der Waals surface area (Å²) in [6, 6.07) is 0. The molecular formula is C73H110NO8P. The van der Waals surface area contributed by atoms with Crippen LogP contribution in [0.4, 0.5) is 0 Å². The highest BCUT2D eigenvalue weighted by molar-refractivity contribution is 7.47. The molecule has 0 rings (SSSR count). The van der Waals surface area contributed by atoms with E-state index in [1.165, 1.54) is 0 Å². The lowest BCUT2D eigenvalue weighted by Crippen LogP contribution is -2.29. The zero-order valence-corrected chi connectivity index (χ0v) is 52.2. The molecule has 0 aliphatic carbocycles. The van der Waals surface area contributed by atoms with Gasteiger partial charge in [0.15, 0.2) is 6.10 Å². The van der Waals surface area contributed by atoms with E-state index in [0.29, 0.717) is 12.8 Å². The number of ether oxygens (including phenoxy) is 2. The summed E-state index contributed by atoms with van der Waals surface area (Å²) >= 11 is 0. The van der Waals surface area contributed by atoms with E-state index >= 15 is 0 Å². The topological polar surface area (TPSA) is 134 Å². The molecule has 0 heterocycles. The Morgan fingerprint density at radius 2 is 0.627 bits per heavy atom. The van der Waals surface area contributed by atoms with Gasteiger partial charge in [-0.3, -0.25) is 18.6 Å². The second-order valence-corrected chi connectivity index (χ2v) is 20.9. The average molecular weight is 1160 g/mol. The van der Waals surface area contributed by atoms with Crippen molar-refractivity contribution in [1.29, 1.82) is 0 Å². The molecule has 0 aliphatic rings. The van der Waals surface area contributed by atoms with Crippen molar-refractivity contribution >= 4 is 19.8 Å². The molecule has 0 saturated heterocycles. The minimum absolute atomic E-state index is 0.0291. The first-order chi connectivity index (χ1) is 40.8. The Hall–Kier alpha value is -5.67. The molecule has 0 spiro atoms. The van der Waals surface area contributed by atoms with Crippen LogP contribution in [-0.4, -0.2) is 49.3 Å². The largest absolute Gasteiger partial charge is 0.472 e. The molecule has 0 bridgehead atoms. The lowest BCUT2D eigenvalue weighted by atomic mass is 10.1. The van der Waals surface area contributed by atoms with Gasteiger partial charge in [0.25, 0.3) is 0 Å². The zero-order chi connectivity index (χ0) is 60.1. The van der Waals surface area contributed by atoms with Crippen molar-refractivity contribution in [3.05, 3.63) is 219 Å². The fraction of sp³-hybridized carbons (Fsp3) is 0.479. The van der Waals surface area contributed by atoms with Gasteiger partial charge in [0, 0.05) is 19.4 Å². The molecule has 83 heavy (non-hydrogen) atoms. The van der Waals surface area contributed by atoms with Crippen LogP contribution in [0.5, 0.6) is 0 Å². The molecule has 0 fully saturated rings. The molecule has 0 radical (unpaired) electrons. The summed E-state index contributed by atoms with van der Waals surface area (Å²) in [6.07, 6.45) is 103. The fourth-order valence-corrected chi connectivity index (χ4v) is 8.09. The Morgan fingerprint density at radius 1 is 0.361 bits per heavy atom. The standard InChI is InChI=1S/C73H110NO8P/c1-3-5-7-9-11-13-15-17-19-21-23-25-27-29-31-32-33-34-35-36-37-38-40-42-44-46-48-50-52-54-56-58-60-62-64-66-73(76)82-71(70-81-83(77,78)80-68-67-74)69-79-72(75)65-63-61-59-57-55-53-51-49-47-45-43-41-39-30-28-26-24-22-20-18-16-14-12-10-8-6-4-2/h5-8,11-14,17-20,23-26,29-31,33-34,36-37,39-40,42-43,45-46,48-49,51-52,54-55,57,71H,3-4,9-10,15-16,21-22,27-28,32,35,38,41,44,47,50,53,56,58-70,74H2,1-2H3,(H,77,78)/b7-5-,8-6-,13-11-,14-12-,19-17-,20-18-,25-23-,26-24-,31-29-,34-33-,37-36-,39-30-,42-40-,45-43-,48-46-,51-49-,54-52-,57-55-. The number of phosphoric ester groups is 1. The number of carbonyl (C=O) groups excluding carboxylic acids is 2. The second-order valence-electron chi connectivity index (χ2n) is 19.5. The molecular weight excluding hydrogens is 1050 g/mol. The van der Waals surface area contributed by atoms with Crippen LogP contribution in [0.15, 0.2) is 219 Å². The Balaban J connectivity index is 4.18. The van der Waals surface area contributed by atoms with Crippen LogP contribution in [0, 0.1) is 0 Å². The Bertz CT molecular complexity index is 2150. The monoisotopic (exact) mass is 1160 g/mol. The van der Waals surface area contributed by atoms with Crippen LogP contribution >= 0.6 is 7.82 Å². The second kappa shape index (κ2) is 65.5. The van der Waals surface area contributed by atoms with E-state index in [4.69, 9.17) is 24.3 Å². The highest BCUT2D eigenvalue weighted by Gasteiger charge is 2.26. The zero-order valence-electron chi connectivity index (χ0n) is 51.3. The maximum Gasteiger partial charge on any atom is 0.472 e. The predicted molar refractivity (Wildman–Crippen MR) is 357 cm³/mol. The number of hydrogen-bond donors (Lipinski definition) is 2. The predicted octanol–water partition coefficient (Wildman–Crippen LogP) is 20.5. The SMILES string of the molecule is CC/C=C\C/C=C\C/C=C\C/C=C\C/C=C\C/C=C\C/C=C\C/C=C\C/C=C\C/C=C\CCCCCCC(=O)OC(COC(=O)CCCC/C=C\C/C=C\C/C=C\C/C=C\C/C=C\C/C=C\C/C=C\C/C=C\CC)COP(=O)(O)OCCN. The molecule has 0 aliphatic heterocycles. The molecule has 3 N–H and O–H groups in total. The van der Waals surface area contributed by atoms with Crippen LogP contribution in [0.3, 0.4) is 0 Å². The number of hydrogen-bond acceptors (Lipinski definition) is 8. The van der Waals surface area contributed by atoms with Crippen LogP contribution in [-0.2, 0) is 32.7 Å². The quantitative estimate of drug-likeness (QED) is 0.0264. The van der Waals surface area contributed by atoms with Gasteiger partial charge in [0.2, 0.25) is 0 Å². The first kappa shape index (κ1) is 77.3. The average Bonchev–Trinajstić information content (AvgIpc) is 3.48. The highest BCUT2D eigenvalue weighted by Crippen LogP contribution is 2.43. The normalized spacial score (nSPS) is 14.5. The minimum Gasteiger partial charge on any atom is -0.462 e. The molecule has 2 atom stereocenters. The summed E-state index contributed by atoms with van der Waals surface area (Å²) in [7, 11) is -4.43. The van der Waals surface area contributed by atoms with Crippen molar-refractivity contribution in [3.63, 3.8) is 0 Å². The lowest BCUT2D eigenvalue weighted by molar-refractivity contribution is -0.161. The molecule has 0 aromatic carbocycles. The fourth-order valence-electron chi connectivity index (χ4n) is 7.32. The summed E-state index contributed by atoms with van der Waals surface area (Å²) in [6.45, 7) is 3.39. The maximum atomic E-state index is 12.7. The van der Waals surface area contributed by atoms with Gasteiger partial charge < -0.3 is 20.1 Å². The van der Waals surface area contributed by atoms with E-state index in [9.17, 15) is 19.0 Å². The summed E-state index contributed by atoms with van der Waals surface area (Å²) in [5.41, 5.74) is 5.38. The molecule has 0 amide bonds. The van der Waals surface area contributed by atoms with Gasteiger partial charge in [-0.05, 0) is 154 Å². The summed E-state index contributed by atoms with van der Waals surface area (Å²) in [5.74, 6) is -0.931. The number of nitrogens with two attached hydrogens (primary N) is 1.